The molecular weight excluding hydrogens is 428 g/mol. The van der Waals surface area contributed by atoms with Crippen LogP contribution in [0, 0.1) is 5.82 Å². The molecule has 1 heterocycles. The smallest absolute Gasteiger partial charge is 0.431 e. The average Bonchev–Trinajstić information content (AvgIpc) is 2.53. The van der Waals surface area contributed by atoms with Gasteiger partial charge in [0.15, 0.2) is 0 Å². The number of benzene rings is 1. The van der Waals surface area contributed by atoms with Crippen molar-refractivity contribution in [3.05, 3.63) is 55.6 Å². The van der Waals surface area contributed by atoms with Crippen LogP contribution in [0.5, 0.6) is 0 Å². The lowest BCUT2D eigenvalue weighted by molar-refractivity contribution is -0.144. The van der Waals surface area contributed by atoms with E-state index in [0.717, 1.165) is 30.9 Å². The number of aromatic nitrogens is 2. The van der Waals surface area contributed by atoms with Crippen LogP contribution in [0.15, 0.2) is 32.7 Å². The maximum atomic E-state index is 14.4. The number of nitrogens with zero attached hydrogens (tertiary/aromatic N) is 2. The molecule has 0 aliphatic rings. The lowest BCUT2D eigenvalue weighted by Crippen LogP contribution is -2.41. The zero-order chi connectivity index (χ0) is 21.4. The Morgan fingerprint density at radius 3 is 2.43 bits per heavy atom. The Bertz CT molecular complexity index is 1050. The molecule has 1 atom stereocenters. The molecule has 2 aromatic rings. The van der Waals surface area contributed by atoms with Gasteiger partial charge in [-0.15, -0.1) is 11.8 Å². The first kappa shape index (κ1) is 22.0. The molecule has 12 heteroatoms. The van der Waals surface area contributed by atoms with E-state index in [9.17, 15) is 31.9 Å². The molecule has 1 aromatic carbocycles. The third-order valence-corrected chi connectivity index (χ3v) is 5.23. The molecule has 0 aliphatic carbocycles. The maximum absolute atomic E-state index is 14.4. The average molecular weight is 441 g/mol. The predicted molar refractivity (Wildman–Crippen MR) is 94.8 cm³/mol. The summed E-state index contributed by atoms with van der Waals surface area (Å²) in [6.07, 6.45) is -5.19. The summed E-state index contributed by atoms with van der Waals surface area (Å²) < 4.78 is 53.6. The summed E-state index contributed by atoms with van der Waals surface area (Å²) in [6.45, 7) is 1.57. The third kappa shape index (κ3) is 4.58. The van der Waals surface area contributed by atoms with Crippen LogP contribution in [0.2, 0.25) is 5.02 Å². The van der Waals surface area contributed by atoms with E-state index >= 15 is 0 Å². The van der Waals surface area contributed by atoms with Crippen molar-refractivity contribution in [1.29, 1.82) is 0 Å². The van der Waals surface area contributed by atoms with Crippen molar-refractivity contribution >= 4 is 29.3 Å². The van der Waals surface area contributed by atoms with Crippen LogP contribution in [0.25, 0.3) is 5.69 Å². The highest BCUT2D eigenvalue weighted by Gasteiger charge is 2.35. The predicted octanol–water partition coefficient (Wildman–Crippen LogP) is 3.30. The number of carboxylic acids is 1. The molecule has 0 saturated heterocycles. The number of carbonyl (C=O) groups is 1. The molecule has 28 heavy (non-hydrogen) atoms. The third-order valence-electron chi connectivity index (χ3n) is 3.64. The standard InChI is InChI=1S/C16H13ClF4N2O4S/c1-7(3-14(25)26)28-11-5-10(9(18)4-8(11)17)23-13(24)6-12(16(19,20)21)22(2)15(23)27/h4-7H,3H2,1-2H3,(H,25,26). The number of hydrogen-bond donors (Lipinski definition) is 1. The summed E-state index contributed by atoms with van der Waals surface area (Å²) in [4.78, 5) is 35.4. The zero-order valence-corrected chi connectivity index (χ0v) is 16.0. The van der Waals surface area contributed by atoms with Gasteiger partial charge < -0.3 is 5.11 Å². The molecule has 1 N–H and O–H groups in total. The second-order valence-electron chi connectivity index (χ2n) is 5.80. The molecule has 1 unspecified atom stereocenters. The summed E-state index contributed by atoms with van der Waals surface area (Å²) in [7, 11) is 0.805. The van der Waals surface area contributed by atoms with Gasteiger partial charge in [-0.05, 0) is 12.1 Å². The van der Waals surface area contributed by atoms with Crippen LogP contribution >= 0.6 is 23.4 Å². The molecule has 152 valence electrons. The summed E-state index contributed by atoms with van der Waals surface area (Å²) >= 11 is 6.89. The molecule has 0 radical (unpaired) electrons. The van der Waals surface area contributed by atoms with Crippen molar-refractivity contribution in [2.45, 2.75) is 29.7 Å². The van der Waals surface area contributed by atoms with Gasteiger partial charge in [0, 0.05) is 23.3 Å². The van der Waals surface area contributed by atoms with Gasteiger partial charge >= 0.3 is 17.8 Å². The second-order valence-corrected chi connectivity index (χ2v) is 7.69. The highest BCUT2D eigenvalue weighted by Crippen LogP contribution is 2.34. The molecule has 6 nitrogen and oxygen atoms in total. The highest BCUT2D eigenvalue weighted by molar-refractivity contribution is 8.00. The van der Waals surface area contributed by atoms with Gasteiger partial charge in [-0.25, -0.2) is 13.8 Å². The van der Waals surface area contributed by atoms with Crippen LogP contribution < -0.4 is 11.2 Å². The minimum Gasteiger partial charge on any atom is -0.481 e. The molecule has 0 aliphatic heterocycles. The van der Waals surface area contributed by atoms with Crippen molar-refractivity contribution in [1.82, 2.24) is 9.13 Å². The Hall–Kier alpha value is -2.27. The number of thioether (sulfide) groups is 1. The molecule has 1 aromatic heterocycles. The monoisotopic (exact) mass is 440 g/mol. The van der Waals surface area contributed by atoms with Gasteiger partial charge in [0.25, 0.3) is 5.56 Å². The number of carboxylic acid groups (broad SMARTS) is 1. The zero-order valence-electron chi connectivity index (χ0n) is 14.4. The van der Waals surface area contributed by atoms with E-state index in [1.807, 2.05) is 0 Å². The van der Waals surface area contributed by atoms with Crippen LogP contribution in [-0.4, -0.2) is 25.5 Å². The van der Waals surface area contributed by atoms with Crippen molar-refractivity contribution in [3.63, 3.8) is 0 Å². The van der Waals surface area contributed by atoms with Gasteiger partial charge in [-0.3, -0.25) is 14.2 Å². The molecule has 0 saturated carbocycles. The van der Waals surface area contributed by atoms with Gasteiger partial charge in [0.05, 0.1) is 17.1 Å². The van der Waals surface area contributed by atoms with Crippen LogP contribution in [0.4, 0.5) is 17.6 Å². The molecular formula is C16H13ClF4N2O4S. The summed E-state index contributed by atoms with van der Waals surface area (Å²) in [5, 5.41) is 8.23. The Morgan fingerprint density at radius 1 is 1.29 bits per heavy atom. The van der Waals surface area contributed by atoms with E-state index in [4.69, 9.17) is 16.7 Å². The van der Waals surface area contributed by atoms with Crippen LogP contribution in [0.3, 0.4) is 0 Å². The Labute approximate surface area is 164 Å². The molecule has 2 rings (SSSR count). The Morgan fingerprint density at radius 2 is 1.89 bits per heavy atom. The van der Waals surface area contributed by atoms with E-state index in [-0.39, 0.29) is 31.5 Å². The quantitative estimate of drug-likeness (QED) is 0.570. The fourth-order valence-corrected chi connectivity index (χ4v) is 3.70. The summed E-state index contributed by atoms with van der Waals surface area (Å²) in [5.41, 5.74) is -4.83. The van der Waals surface area contributed by atoms with Gasteiger partial charge in [0.2, 0.25) is 0 Å². The first-order valence-corrected chi connectivity index (χ1v) is 8.86. The van der Waals surface area contributed by atoms with Crippen molar-refractivity contribution in [2.75, 3.05) is 0 Å². The Kier molecular flexibility index (Phi) is 6.29. The fourth-order valence-electron chi connectivity index (χ4n) is 2.40. The van der Waals surface area contributed by atoms with Crippen molar-refractivity contribution < 1.29 is 27.5 Å². The number of halogens is 5. The Balaban J connectivity index is 2.65. The number of alkyl halides is 3. The first-order valence-electron chi connectivity index (χ1n) is 7.61. The lowest BCUT2D eigenvalue weighted by Gasteiger charge is -2.16. The van der Waals surface area contributed by atoms with E-state index in [1.54, 1.807) is 6.92 Å². The topological polar surface area (TPSA) is 81.3 Å². The number of rotatable bonds is 5. The van der Waals surface area contributed by atoms with E-state index < -0.39 is 45.8 Å². The molecule has 0 fully saturated rings. The second kappa shape index (κ2) is 8.00. The van der Waals surface area contributed by atoms with E-state index in [1.165, 1.54) is 0 Å². The number of hydrogen-bond acceptors (Lipinski definition) is 4. The molecule has 0 amide bonds. The van der Waals surface area contributed by atoms with E-state index in [0.29, 0.717) is 0 Å². The van der Waals surface area contributed by atoms with Crippen molar-refractivity contribution in [2.24, 2.45) is 7.05 Å². The van der Waals surface area contributed by atoms with Crippen LogP contribution in [0.1, 0.15) is 19.0 Å². The van der Waals surface area contributed by atoms with E-state index in [2.05, 4.69) is 0 Å². The van der Waals surface area contributed by atoms with Crippen molar-refractivity contribution in [3.8, 4) is 5.69 Å². The van der Waals surface area contributed by atoms with Crippen LogP contribution in [-0.2, 0) is 18.0 Å². The lowest BCUT2D eigenvalue weighted by atomic mass is 10.3. The first-order chi connectivity index (χ1) is 12.8. The number of aliphatic carboxylic acids is 1. The maximum Gasteiger partial charge on any atom is 0.431 e. The summed E-state index contributed by atoms with van der Waals surface area (Å²) in [5.74, 6) is -2.18. The minimum absolute atomic E-state index is 0.0970. The molecule has 0 bridgehead atoms. The normalized spacial score (nSPS) is 12.8. The molecule has 0 spiro atoms. The minimum atomic E-state index is -4.95. The SMILES string of the molecule is CC(CC(=O)O)Sc1cc(-n2c(=O)cc(C(F)(F)F)n(C)c2=O)c(F)cc1Cl. The van der Waals surface area contributed by atoms with Gasteiger partial charge in [-0.2, -0.15) is 13.2 Å². The fraction of sp³-hybridized carbons (Fsp3) is 0.312. The summed E-state index contributed by atoms with van der Waals surface area (Å²) in [6, 6.07) is 2.02. The highest BCUT2D eigenvalue weighted by atomic mass is 35.5. The van der Waals surface area contributed by atoms with Gasteiger partial charge in [-0.1, -0.05) is 18.5 Å². The largest absolute Gasteiger partial charge is 0.481 e. The van der Waals surface area contributed by atoms with Gasteiger partial charge in [0.1, 0.15) is 11.5 Å².